The number of carbonyl (C=O) groups excluding carboxylic acids is 1. The third-order valence-corrected chi connectivity index (χ3v) is 3.58. The summed E-state index contributed by atoms with van der Waals surface area (Å²) in [6, 6.07) is 10.1. The highest BCUT2D eigenvalue weighted by Crippen LogP contribution is 2.31. The van der Waals surface area contributed by atoms with Gasteiger partial charge in [0.2, 0.25) is 17.1 Å². The lowest BCUT2D eigenvalue weighted by Crippen LogP contribution is -2.07. The number of benzene rings is 2. The first-order valence-corrected chi connectivity index (χ1v) is 7.28. The molecule has 0 aliphatic carbocycles. The molecule has 0 saturated heterocycles. The van der Waals surface area contributed by atoms with Gasteiger partial charge in [0.25, 0.3) is 0 Å². The van der Waals surface area contributed by atoms with Crippen molar-refractivity contribution in [2.75, 3.05) is 5.32 Å². The van der Waals surface area contributed by atoms with E-state index in [9.17, 15) is 19.5 Å². The summed E-state index contributed by atoms with van der Waals surface area (Å²) in [5, 5.41) is 21.8. The number of carbonyl (C=O) groups is 2. The molecule has 0 aliphatic heterocycles. The number of aromatic carboxylic acids is 1. The third-order valence-electron chi connectivity index (χ3n) is 3.58. The third kappa shape index (κ3) is 3.07. The number of hydrogen-bond acceptors (Lipinski definition) is 5. The summed E-state index contributed by atoms with van der Waals surface area (Å²) in [6.45, 7) is 1.34. The largest absolute Gasteiger partial charge is 0.502 e. The summed E-state index contributed by atoms with van der Waals surface area (Å²) < 4.78 is 5.61. The number of amides is 1. The summed E-state index contributed by atoms with van der Waals surface area (Å²) in [7, 11) is 0. The predicted octanol–water partition coefficient (Wildman–Crippen LogP) is 2.82. The Bertz CT molecular complexity index is 1050. The maximum Gasteiger partial charge on any atom is 0.335 e. The van der Waals surface area contributed by atoms with Crippen molar-refractivity contribution in [1.29, 1.82) is 0 Å². The van der Waals surface area contributed by atoms with Crippen LogP contribution in [-0.2, 0) is 4.79 Å². The zero-order valence-corrected chi connectivity index (χ0v) is 13.1. The van der Waals surface area contributed by atoms with Gasteiger partial charge >= 0.3 is 5.97 Å². The van der Waals surface area contributed by atoms with Crippen LogP contribution in [0.15, 0.2) is 51.7 Å². The lowest BCUT2D eigenvalue weighted by Gasteiger charge is -2.08. The fourth-order valence-electron chi connectivity index (χ4n) is 2.43. The molecule has 0 unspecified atom stereocenters. The molecule has 3 aromatic rings. The molecular formula is C18H13NO6. The quantitative estimate of drug-likeness (QED) is 0.675. The van der Waals surface area contributed by atoms with Crippen LogP contribution in [-0.4, -0.2) is 22.1 Å². The fourth-order valence-corrected chi connectivity index (χ4v) is 2.43. The standard InChI is InChI=1S/C18H13NO6/c1-9(20)19-12-6-7-14-13(8-12)15(21)16(22)17(25-14)10-2-4-11(5-3-10)18(23)24/h2-8,22H,1H3,(H,19,20)(H,23,24). The Morgan fingerprint density at radius 1 is 1.08 bits per heavy atom. The van der Waals surface area contributed by atoms with Gasteiger partial charge in [-0.25, -0.2) is 4.79 Å². The van der Waals surface area contributed by atoms with E-state index in [2.05, 4.69) is 5.32 Å². The number of hydrogen-bond donors (Lipinski definition) is 3. The maximum atomic E-state index is 12.4. The van der Waals surface area contributed by atoms with Gasteiger partial charge in [0.05, 0.1) is 10.9 Å². The molecule has 126 valence electrons. The molecule has 25 heavy (non-hydrogen) atoms. The smallest absolute Gasteiger partial charge is 0.335 e. The lowest BCUT2D eigenvalue weighted by molar-refractivity contribution is -0.114. The second-order valence-corrected chi connectivity index (χ2v) is 5.38. The van der Waals surface area contributed by atoms with Gasteiger partial charge in [-0.3, -0.25) is 9.59 Å². The number of carboxylic acids is 1. The molecule has 1 amide bonds. The zero-order valence-electron chi connectivity index (χ0n) is 13.1. The molecule has 7 nitrogen and oxygen atoms in total. The minimum atomic E-state index is -1.08. The highest BCUT2D eigenvalue weighted by atomic mass is 16.4. The average molecular weight is 339 g/mol. The lowest BCUT2D eigenvalue weighted by atomic mass is 10.1. The summed E-state index contributed by atoms with van der Waals surface area (Å²) >= 11 is 0. The SMILES string of the molecule is CC(=O)Nc1ccc2oc(-c3ccc(C(=O)O)cc3)c(O)c(=O)c2c1. The Hall–Kier alpha value is -3.61. The maximum absolute atomic E-state index is 12.4. The summed E-state index contributed by atoms with van der Waals surface area (Å²) in [5.74, 6) is -2.01. The van der Waals surface area contributed by atoms with E-state index in [4.69, 9.17) is 9.52 Å². The molecule has 3 rings (SSSR count). The Balaban J connectivity index is 2.14. The summed E-state index contributed by atoms with van der Waals surface area (Å²) in [6.07, 6.45) is 0. The van der Waals surface area contributed by atoms with Crippen molar-refractivity contribution in [3.8, 4) is 17.1 Å². The van der Waals surface area contributed by atoms with Crippen molar-refractivity contribution in [1.82, 2.24) is 0 Å². The molecular weight excluding hydrogens is 326 g/mol. The molecule has 1 heterocycles. The van der Waals surface area contributed by atoms with E-state index < -0.39 is 17.1 Å². The molecule has 0 atom stereocenters. The first kappa shape index (κ1) is 16.3. The van der Waals surface area contributed by atoms with Crippen LogP contribution in [0.4, 0.5) is 5.69 Å². The second-order valence-electron chi connectivity index (χ2n) is 5.38. The Labute approximate surface area is 141 Å². The van der Waals surface area contributed by atoms with Crippen molar-refractivity contribution in [2.24, 2.45) is 0 Å². The van der Waals surface area contributed by atoms with E-state index >= 15 is 0 Å². The van der Waals surface area contributed by atoms with Crippen molar-refractivity contribution in [3.63, 3.8) is 0 Å². The summed E-state index contributed by atoms with van der Waals surface area (Å²) in [5.41, 5.74) is 0.434. The van der Waals surface area contributed by atoms with Gasteiger partial charge in [0.15, 0.2) is 5.76 Å². The van der Waals surface area contributed by atoms with E-state index in [1.54, 1.807) is 6.07 Å². The van der Waals surface area contributed by atoms with Gasteiger partial charge in [-0.05, 0) is 30.3 Å². The van der Waals surface area contributed by atoms with Crippen LogP contribution in [0, 0.1) is 0 Å². The Morgan fingerprint density at radius 2 is 1.76 bits per heavy atom. The van der Waals surface area contributed by atoms with Crippen LogP contribution in [0.2, 0.25) is 0 Å². The second kappa shape index (κ2) is 6.12. The van der Waals surface area contributed by atoms with Gasteiger partial charge in [0.1, 0.15) is 5.58 Å². The topological polar surface area (TPSA) is 117 Å². The number of anilines is 1. The van der Waals surface area contributed by atoms with E-state index in [1.165, 1.54) is 43.3 Å². The predicted molar refractivity (Wildman–Crippen MR) is 90.8 cm³/mol. The molecule has 0 saturated carbocycles. The van der Waals surface area contributed by atoms with Crippen molar-refractivity contribution in [2.45, 2.75) is 6.92 Å². The van der Waals surface area contributed by atoms with Crippen LogP contribution in [0.1, 0.15) is 17.3 Å². The van der Waals surface area contributed by atoms with Crippen LogP contribution < -0.4 is 10.7 Å². The Kier molecular flexibility index (Phi) is 3.98. The Morgan fingerprint density at radius 3 is 2.36 bits per heavy atom. The van der Waals surface area contributed by atoms with E-state index in [-0.39, 0.29) is 28.2 Å². The first-order valence-electron chi connectivity index (χ1n) is 7.28. The van der Waals surface area contributed by atoms with Gasteiger partial charge in [-0.15, -0.1) is 0 Å². The molecule has 0 radical (unpaired) electrons. The van der Waals surface area contributed by atoms with Gasteiger partial charge in [-0.1, -0.05) is 12.1 Å². The van der Waals surface area contributed by atoms with Crippen LogP contribution in [0.5, 0.6) is 5.75 Å². The van der Waals surface area contributed by atoms with Gasteiger partial charge in [-0.2, -0.15) is 0 Å². The molecule has 2 aromatic carbocycles. The highest BCUT2D eigenvalue weighted by Gasteiger charge is 2.16. The molecule has 0 aliphatic rings. The van der Waals surface area contributed by atoms with E-state index in [0.717, 1.165) is 0 Å². The fraction of sp³-hybridized carbons (Fsp3) is 0.0556. The monoisotopic (exact) mass is 339 g/mol. The van der Waals surface area contributed by atoms with Gasteiger partial charge < -0.3 is 19.9 Å². The van der Waals surface area contributed by atoms with Crippen molar-refractivity contribution < 1.29 is 24.2 Å². The molecule has 0 fully saturated rings. The highest BCUT2D eigenvalue weighted by molar-refractivity contribution is 5.93. The molecule has 3 N–H and O–H groups in total. The molecule has 7 heteroatoms. The van der Waals surface area contributed by atoms with Crippen LogP contribution >= 0.6 is 0 Å². The summed E-state index contributed by atoms with van der Waals surface area (Å²) in [4.78, 5) is 34.4. The minimum Gasteiger partial charge on any atom is -0.502 e. The van der Waals surface area contributed by atoms with E-state index in [1.807, 2.05) is 0 Å². The average Bonchev–Trinajstić information content (AvgIpc) is 2.58. The van der Waals surface area contributed by atoms with Crippen LogP contribution in [0.25, 0.3) is 22.3 Å². The normalized spacial score (nSPS) is 10.6. The van der Waals surface area contributed by atoms with Crippen molar-refractivity contribution in [3.05, 3.63) is 58.3 Å². The van der Waals surface area contributed by atoms with Crippen molar-refractivity contribution >= 4 is 28.5 Å². The molecule has 1 aromatic heterocycles. The number of nitrogens with one attached hydrogen (secondary N) is 1. The first-order chi connectivity index (χ1) is 11.9. The number of carboxylic acid groups (broad SMARTS) is 1. The minimum absolute atomic E-state index is 0.0540. The van der Waals surface area contributed by atoms with E-state index in [0.29, 0.717) is 11.3 Å². The number of fused-ring (bicyclic) bond motifs is 1. The van der Waals surface area contributed by atoms with Gasteiger partial charge in [0, 0.05) is 18.2 Å². The molecule has 0 spiro atoms. The number of aromatic hydroxyl groups is 1. The zero-order chi connectivity index (χ0) is 18.1. The van der Waals surface area contributed by atoms with Crippen LogP contribution in [0.3, 0.4) is 0 Å². The number of rotatable bonds is 3. The molecule has 0 bridgehead atoms.